The molecule has 1 fully saturated rings. The molecule has 1 rings (SSSR count). The van der Waals surface area contributed by atoms with Gasteiger partial charge in [0.05, 0.1) is 42.7 Å². The van der Waals surface area contributed by atoms with Gasteiger partial charge in [0.25, 0.3) is 0 Å². The smallest absolute Gasteiger partial charge is 0.234 e. The largest absolute Gasteiger partial charge is 0.395 e. The molecule has 0 saturated carbocycles. The number of nitrogens with one attached hydrogen (secondary N) is 1. The Bertz CT molecular complexity index is 397. The van der Waals surface area contributed by atoms with Gasteiger partial charge in [-0.05, 0) is 0 Å². The van der Waals surface area contributed by atoms with E-state index in [1.807, 2.05) is 0 Å². The molecule has 0 aromatic carbocycles. The van der Waals surface area contributed by atoms with E-state index in [-0.39, 0.29) is 50.3 Å². The molecular weight excluding hydrogens is 296 g/mol. The summed E-state index contributed by atoms with van der Waals surface area (Å²) in [6.07, 6.45) is 0. The summed E-state index contributed by atoms with van der Waals surface area (Å²) in [7, 11) is -3.18. The van der Waals surface area contributed by atoms with Gasteiger partial charge in [-0.2, -0.15) is 0 Å². The van der Waals surface area contributed by atoms with Crippen LogP contribution in [0.3, 0.4) is 0 Å². The second-order valence-electron chi connectivity index (χ2n) is 4.49. The maximum Gasteiger partial charge on any atom is 0.234 e. The van der Waals surface area contributed by atoms with E-state index in [2.05, 4.69) is 5.32 Å². The van der Waals surface area contributed by atoms with Crippen LogP contribution in [-0.4, -0.2) is 85.2 Å². The van der Waals surface area contributed by atoms with E-state index < -0.39 is 21.3 Å². The molecule has 0 bridgehead atoms. The van der Waals surface area contributed by atoms with Crippen molar-refractivity contribution in [1.29, 1.82) is 0 Å². The Morgan fingerprint density at radius 3 is 2.26 bits per heavy atom. The van der Waals surface area contributed by atoms with Crippen molar-refractivity contribution in [2.45, 2.75) is 11.4 Å². The fourth-order valence-corrected chi connectivity index (χ4v) is 4.50. The number of alkyl halides is 1. The number of sulfone groups is 1. The molecule has 112 valence electrons. The molecule has 7 nitrogen and oxygen atoms in total. The van der Waals surface area contributed by atoms with Crippen molar-refractivity contribution in [1.82, 2.24) is 10.2 Å². The van der Waals surface area contributed by atoms with Crippen molar-refractivity contribution in [3.8, 4) is 0 Å². The Morgan fingerprint density at radius 1 is 1.26 bits per heavy atom. The van der Waals surface area contributed by atoms with Crippen molar-refractivity contribution < 1.29 is 23.4 Å². The van der Waals surface area contributed by atoms with Gasteiger partial charge in [-0.3, -0.25) is 9.69 Å². The van der Waals surface area contributed by atoms with Gasteiger partial charge in [-0.15, -0.1) is 11.6 Å². The number of carbonyl (C=O) groups excluding carboxylic acids is 1. The quantitative estimate of drug-likeness (QED) is 0.460. The van der Waals surface area contributed by atoms with Gasteiger partial charge in [0, 0.05) is 13.1 Å². The molecule has 19 heavy (non-hydrogen) atoms. The standard InChI is InChI=1S/C10H19ClN2O5S/c11-8-6-19(17,18)7-9(8)12-10(16)5-13(1-3-14)2-4-15/h8-9,14-15H,1-7H2,(H,12,16). The maximum absolute atomic E-state index is 11.7. The molecule has 0 aromatic heterocycles. The monoisotopic (exact) mass is 314 g/mol. The van der Waals surface area contributed by atoms with Gasteiger partial charge >= 0.3 is 0 Å². The predicted octanol–water partition coefficient (Wildman–Crippen LogP) is -2.21. The lowest BCUT2D eigenvalue weighted by atomic mass is 10.2. The lowest BCUT2D eigenvalue weighted by Crippen LogP contribution is -2.46. The van der Waals surface area contributed by atoms with Crippen LogP contribution in [0, 0.1) is 0 Å². The predicted molar refractivity (Wildman–Crippen MR) is 70.8 cm³/mol. The highest BCUT2D eigenvalue weighted by molar-refractivity contribution is 7.91. The van der Waals surface area contributed by atoms with E-state index in [0.29, 0.717) is 0 Å². The normalized spacial score (nSPS) is 25.7. The minimum absolute atomic E-state index is 0.0126. The van der Waals surface area contributed by atoms with E-state index in [0.717, 1.165) is 0 Å². The first kappa shape index (κ1) is 16.6. The molecule has 1 heterocycles. The van der Waals surface area contributed by atoms with Gasteiger partial charge in [0.1, 0.15) is 0 Å². The number of aliphatic hydroxyl groups excluding tert-OH is 2. The van der Waals surface area contributed by atoms with Crippen LogP contribution in [0.5, 0.6) is 0 Å². The average Bonchev–Trinajstić information content (AvgIpc) is 2.52. The van der Waals surface area contributed by atoms with Crippen LogP contribution >= 0.6 is 11.6 Å². The topological polar surface area (TPSA) is 107 Å². The Morgan fingerprint density at radius 2 is 1.84 bits per heavy atom. The maximum atomic E-state index is 11.7. The SMILES string of the molecule is O=C(CN(CCO)CCO)NC1CS(=O)(=O)CC1Cl. The molecule has 1 saturated heterocycles. The lowest BCUT2D eigenvalue weighted by molar-refractivity contribution is -0.123. The number of carbonyl (C=O) groups is 1. The second kappa shape index (κ2) is 7.39. The van der Waals surface area contributed by atoms with Crippen LogP contribution in [0.15, 0.2) is 0 Å². The summed E-state index contributed by atoms with van der Waals surface area (Å²) >= 11 is 5.88. The summed E-state index contributed by atoms with van der Waals surface area (Å²) < 4.78 is 22.7. The zero-order valence-corrected chi connectivity index (χ0v) is 12.0. The Balaban J connectivity index is 2.46. The number of halogens is 1. The number of aliphatic hydroxyl groups is 2. The molecule has 1 aliphatic heterocycles. The third-order valence-electron chi connectivity index (χ3n) is 2.83. The first-order valence-corrected chi connectivity index (χ1v) is 8.21. The third kappa shape index (κ3) is 5.62. The van der Waals surface area contributed by atoms with Crippen molar-refractivity contribution in [3.05, 3.63) is 0 Å². The highest BCUT2D eigenvalue weighted by Gasteiger charge is 2.37. The minimum atomic E-state index is -3.18. The van der Waals surface area contributed by atoms with Crippen molar-refractivity contribution in [2.75, 3.05) is 44.4 Å². The summed E-state index contributed by atoms with van der Waals surface area (Å²) in [6.45, 7) is 0.274. The molecule has 1 amide bonds. The molecule has 0 aromatic rings. The average molecular weight is 315 g/mol. The van der Waals surface area contributed by atoms with Crippen molar-refractivity contribution in [3.63, 3.8) is 0 Å². The Kier molecular flexibility index (Phi) is 6.48. The minimum Gasteiger partial charge on any atom is -0.395 e. The van der Waals surface area contributed by atoms with Gasteiger partial charge in [-0.25, -0.2) is 8.42 Å². The number of hydrogen-bond donors (Lipinski definition) is 3. The van der Waals surface area contributed by atoms with Gasteiger partial charge < -0.3 is 15.5 Å². The number of hydrogen-bond acceptors (Lipinski definition) is 6. The molecule has 3 N–H and O–H groups in total. The van der Waals surface area contributed by atoms with Crippen LogP contribution in [0.2, 0.25) is 0 Å². The molecule has 0 spiro atoms. The molecule has 0 radical (unpaired) electrons. The fraction of sp³-hybridized carbons (Fsp3) is 0.900. The number of amides is 1. The van der Waals surface area contributed by atoms with E-state index in [1.165, 1.54) is 0 Å². The first-order chi connectivity index (χ1) is 8.88. The number of nitrogens with zero attached hydrogens (tertiary/aromatic N) is 1. The van der Waals surface area contributed by atoms with Crippen LogP contribution in [0.25, 0.3) is 0 Å². The highest BCUT2D eigenvalue weighted by atomic mass is 35.5. The summed E-state index contributed by atoms with van der Waals surface area (Å²) in [6, 6.07) is -0.579. The van der Waals surface area contributed by atoms with Gasteiger partial charge in [0.15, 0.2) is 9.84 Å². The van der Waals surface area contributed by atoms with Gasteiger partial charge in [-0.1, -0.05) is 0 Å². The van der Waals surface area contributed by atoms with E-state index in [1.54, 1.807) is 4.90 Å². The molecule has 2 atom stereocenters. The number of rotatable bonds is 7. The summed E-state index contributed by atoms with van der Waals surface area (Å²) in [5.41, 5.74) is 0. The zero-order valence-electron chi connectivity index (χ0n) is 10.5. The van der Waals surface area contributed by atoms with Gasteiger partial charge in [0.2, 0.25) is 5.91 Å². The fourth-order valence-electron chi connectivity index (χ4n) is 1.95. The third-order valence-corrected chi connectivity index (χ3v) is 5.20. The first-order valence-electron chi connectivity index (χ1n) is 5.96. The Labute approximate surface area is 117 Å². The zero-order chi connectivity index (χ0) is 14.5. The summed E-state index contributed by atoms with van der Waals surface area (Å²) in [4.78, 5) is 13.3. The molecular formula is C10H19ClN2O5S. The van der Waals surface area contributed by atoms with Crippen LogP contribution in [0.1, 0.15) is 0 Å². The lowest BCUT2D eigenvalue weighted by Gasteiger charge is -2.21. The van der Waals surface area contributed by atoms with Crippen LogP contribution < -0.4 is 5.32 Å². The summed E-state index contributed by atoms with van der Waals surface area (Å²) in [5, 5.41) is 19.6. The molecule has 9 heteroatoms. The van der Waals surface area contributed by atoms with E-state index in [9.17, 15) is 13.2 Å². The van der Waals surface area contributed by atoms with E-state index in [4.69, 9.17) is 21.8 Å². The molecule has 0 aliphatic carbocycles. The molecule has 1 aliphatic rings. The van der Waals surface area contributed by atoms with E-state index >= 15 is 0 Å². The van der Waals surface area contributed by atoms with Crippen LogP contribution in [-0.2, 0) is 14.6 Å². The van der Waals surface area contributed by atoms with Crippen LogP contribution in [0.4, 0.5) is 0 Å². The molecule has 2 unspecified atom stereocenters. The van der Waals surface area contributed by atoms with Crippen molar-refractivity contribution >= 4 is 27.3 Å². The second-order valence-corrected chi connectivity index (χ2v) is 7.20. The Hall–Kier alpha value is -0.410. The summed E-state index contributed by atoms with van der Waals surface area (Å²) in [5.74, 6) is -0.640. The van der Waals surface area contributed by atoms with Crippen molar-refractivity contribution in [2.24, 2.45) is 0 Å². The highest BCUT2D eigenvalue weighted by Crippen LogP contribution is 2.17.